The average molecular weight is 344 g/mol. The lowest BCUT2D eigenvalue weighted by molar-refractivity contribution is 0.0677. The molecule has 7 heteroatoms. The Morgan fingerprint density at radius 2 is 1.68 bits per heavy atom. The summed E-state index contributed by atoms with van der Waals surface area (Å²) in [6.07, 6.45) is 0. The molecular weight excluding hydrogens is 329 g/mol. The second-order valence-electron chi connectivity index (χ2n) is 6.27. The number of carboxylic acid groups (broad SMARTS) is 1. The van der Waals surface area contributed by atoms with Crippen molar-refractivity contribution >= 4 is 39.9 Å². The molecule has 0 saturated carbocycles. The van der Waals surface area contributed by atoms with Crippen LogP contribution in [0.25, 0.3) is 10.8 Å². The number of pyridine rings is 1. The Morgan fingerprint density at radius 1 is 1.18 bits per heavy atom. The Bertz CT molecular complexity index is 834. The topological polar surface area (TPSA) is 79.5 Å². The second-order valence-corrected chi connectivity index (χ2v) is 7.08. The summed E-state index contributed by atoms with van der Waals surface area (Å²) in [4.78, 5) is 24.1. The van der Waals surface area contributed by atoms with E-state index in [1.165, 1.54) is 12.1 Å². The molecule has 0 radical (unpaired) electrons. The van der Waals surface area contributed by atoms with Crippen molar-refractivity contribution in [3.63, 3.8) is 0 Å². The zero-order chi connectivity index (χ0) is 16.8. The molecule has 0 aliphatic heterocycles. The van der Waals surface area contributed by atoms with Gasteiger partial charge in [0.2, 0.25) is 0 Å². The summed E-state index contributed by atoms with van der Waals surface area (Å²) in [5, 5.41) is 20.2. The minimum atomic E-state index is -1.38. The number of carbonyl (C=O) groups is 1. The summed E-state index contributed by atoms with van der Waals surface area (Å²) < 4.78 is 1.06. The molecule has 0 bridgehead atoms. The molecule has 2 N–H and O–H groups in total. The molecule has 0 unspecified atom stereocenters. The Morgan fingerprint density at radius 3 is 2.14 bits per heavy atom. The van der Waals surface area contributed by atoms with Gasteiger partial charge in [-0.25, -0.2) is 4.79 Å². The number of aromatic carboxylic acids is 1. The molecule has 22 heavy (non-hydrogen) atoms. The monoisotopic (exact) mass is 343 g/mol. The molecule has 0 aliphatic carbocycles. The SMILES string of the molecule is CC(C)(C)Cn1c(C(=O)O)c(O)c2cc(Cl)c(Cl)cc2c1=O. The van der Waals surface area contributed by atoms with E-state index in [4.69, 9.17) is 23.2 Å². The maximum absolute atomic E-state index is 12.6. The maximum Gasteiger partial charge on any atom is 0.356 e. The van der Waals surface area contributed by atoms with E-state index in [2.05, 4.69) is 0 Å². The van der Waals surface area contributed by atoms with E-state index < -0.39 is 23.0 Å². The van der Waals surface area contributed by atoms with Crippen molar-refractivity contribution < 1.29 is 15.0 Å². The van der Waals surface area contributed by atoms with Crippen LogP contribution in [0.3, 0.4) is 0 Å². The lowest BCUT2D eigenvalue weighted by Crippen LogP contribution is -2.31. The number of rotatable bonds is 2. The van der Waals surface area contributed by atoms with Crippen molar-refractivity contribution in [3.8, 4) is 5.75 Å². The van der Waals surface area contributed by atoms with Gasteiger partial charge in [-0.2, -0.15) is 0 Å². The van der Waals surface area contributed by atoms with Gasteiger partial charge >= 0.3 is 5.97 Å². The standard InChI is InChI=1S/C15H15Cl2NO4/c1-15(2,3)6-18-11(14(21)22)12(19)7-4-9(16)10(17)5-8(7)13(18)20/h4-5,19H,6H2,1-3H3,(H,21,22). The molecule has 1 aromatic carbocycles. The van der Waals surface area contributed by atoms with E-state index in [0.29, 0.717) is 0 Å². The highest BCUT2D eigenvalue weighted by atomic mass is 35.5. The summed E-state index contributed by atoms with van der Waals surface area (Å²) in [5.74, 6) is -1.88. The van der Waals surface area contributed by atoms with Gasteiger partial charge in [0.25, 0.3) is 5.56 Å². The maximum atomic E-state index is 12.6. The van der Waals surface area contributed by atoms with Gasteiger partial charge in [0.1, 0.15) is 0 Å². The minimum absolute atomic E-state index is 0.0713. The largest absolute Gasteiger partial charge is 0.505 e. The van der Waals surface area contributed by atoms with Crippen LogP contribution in [0.5, 0.6) is 5.75 Å². The smallest absolute Gasteiger partial charge is 0.356 e. The van der Waals surface area contributed by atoms with Crippen LogP contribution in [0.2, 0.25) is 10.0 Å². The van der Waals surface area contributed by atoms with Crippen LogP contribution >= 0.6 is 23.2 Å². The first-order valence-electron chi connectivity index (χ1n) is 6.51. The molecule has 0 saturated heterocycles. The zero-order valence-corrected chi connectivity index (χ0v) is 13.8. The van der Waals surface area contributed by atoms with Gasteiger partial charge in [-0.05, 0) is 17.5 Å². The van der Waals surface area contributed by atoms with Crippen LogP contribution in [-0.4, -0.2) is 20.7 Å². The highest BCUT2D eigenvalue weighted by Gasteiger charge is 2.25. The van der Waals surface area contributed by atoms with Gasteiger partial charge in [-0.3, -0.25) is 9.36 Å². The van der Waals surface area contributed by atoms with Gasteiger partial charge in [0, 0.05) is 11.9 Å². The summed E-state index contributed by atoms with van der Waals surface area (Å²) in [7, 11) is 0. The predicted molar refractivity (Wildman–Crippen MR) is 86.3 cm³/mol. The highest BCUT2D eigenvalue weighted by Crippen LogP contribution is 2.33. The predicted octanol–water partition coefficient (Wildman–Crippen LogP) is 3.76. The number of carboxylic acids is 1. The third-order valence-electron chi connectivity index (χ3n) is 3.12. The van der Waals surface area contributed by atoms with E-state index in [0.717, 1.165) is 4.57 Å². The molecular formula is C15H15Cl2NO4. The summed E-state index contributed by atoms with van der Waals surface area (Å²) >= 11 is 11.8. The molecule has 2 aromatic rings. The highest BCUT2D eigenvalue weighted by molar-refractivity contribution is 6.42. The lowest BCUT2D eigenvalue weighted by Gasteiger charge is -2.22. The first-order chi connectivity index (χ1) is 10.0. The van der Waals surface area contributed by atoms with Gasteiger partial charge in [-0.1, -0.05) is 44.0 Å². The molecule has 1 heterocycles. The van der Waals surface area contributed by atoms with Crippen LogP contribution in [0, 0.1) is 5.41 Å². The van der Waals surface area contributed by atoms with E-state index in [1.54, 1.807) is 0 Å². The third-order valence-corrected chi connectivity index (χ3v) is 3.84. The molecule has 0 fully saturated rings. The fraction of sp³-hybridized carbons (Fsp3) is 0.333. The van der Waals surface area contributed by atoms with Crippen LogP contribution in [-0.2, 0) is 6.54 Å². The van der Waals surface area contributed by atoms with Crippen molar-refractivity contribution in [1.29, 1.82) is 0 Å². The summed E-state index contributed by atoms with van der Waals surface area (Å²) in [6.45, 7) is 5.72. The van der Waals surface area contributed by atoms with Crippen molar-refractivity contribution in [2.45, 2.75) is 27.3 Å². The Hall–Kier alpha value is -1.72. The number of aromatic hydroxyl groups is 1. The van der Waals surface area contributed by atoms with Crippen molar-refractivity contribution in [2.24, 2.45) is 5.41 Å². The second kappa shape index (κ2) is 5.48. The number of fused-ring (bicyclic) bond motifs is 1. The molecule has 0 spiro atoms. The first kappa shape index (κ1) is 16.6. The average Bonchev–Trinajstić information content (AvgIpc) is 2.36. The van der Waals surface area contributed by atoms with Crippen LogP contribution in [0.15, 0.2) is 16.9 Å². The molecule has 1 aromatic heterocycles. The molecule has 0 atom stereocenters. The van der Waals surface area contributed by atoms with Crippen molar-refractivity contribution in [1.82, 2.24) is 4.57 Å². The number of halogens is 2. The van der Waals surface area contributed by atoms with Crippen molar-refractivity contribution in [3.05, 3.63) is 38.2 Å². The summed E-state index contributed by atoms with van der Waals surface area (Å²) in [5.41, 5.74) is -1.34. The van der Waals surface area contributed by atoms with Gasteiger partial charge in [-0.15, -0.1) is 0 Å². The molecule has 118 valence electrons. The first-order valence-corrected chi connectivity index (χ1v) is 7.26. The lowest BCUT2D eigenvalue weighted by atomic mass is 9.96. The Labute approximate surface area is 136 Å². The van der Waals surface area contributed by atoms with Crippen LogP contribution in [0.1, 0.15) is 31.3 Å². The van der Waals surface area contributed by atoms with Gasteiger partial charge < -0.3 is 10.2 Å². The zero-order valence-electron chi connectivity index (χ0n) is 12.3. The summed E-state index contributed by atoms with van der Waals surface area (Å²) in [6, 6.07) is 2.63. The van der Waals surface area contributed by atoms with Crippen LogP contribution in [0.4, 0.5) is 0 Å². The molecule has 5 nitrogen and oxygen atoms in total. The number of hydrogen-bond acceptors (Lipinski definition) is 3. The molecule has 0 aliphatic rings. The molecule has 0 amide bonds. The third kappa shape index (κ3) is 2.91. The van der Waals surface area contributed by atoms with Gasteiger partial charge in [0.15, 0.2) is 11.4 Å². The Kier molecular flexibility index (Phi) is 4.15. The van der Waals surface area contributed by atoms with E-state index in [-0.39, 0.29) is 32.8 Å². The van der Waals surface area contributed by atoms with Gasteiger partial charge in [0.05, 0.1) is 15.4 Å². The van der Waals surface area contributed by atoms with Crippen LogP contribution < -0.4 is 5.56 Å². The number of hydrogen-bond donors (Lipinski definition) is 2. The fourth-order valence-corrected chi connectivity index (χ4v) is 2.59. The van der Waals surface area contributed by atoms with E-state index in [1.807, 2.05) is 20.8 Å². The van der Waals surface area contributed by atoms with E-state index in [9.17, 15) is 19.8 Å². The minimum Gasteiger partial charge on any atom is -0.505 e. The molecule has 2 rings (SSSR count). The quantitative estimate of drug-likeness (QED) is 0.869. The van der Waals surface area contributed by atoms with E-state index >= 15 is 0 Å². The van der Waals surface area contributed by atoms with Crippen molar-refractivity contribution in [2.75, 3.05) is 0 Å². The number of nitrogens with zero attached hydrogens (tertiary/aromatic N) is 1. The number of aromatic nitrogens is 1. The number of benzene rings is 1. The normalized spacial score (nSPS) is 11.9. The Balaban J connectivity index is 2.97. The fourth-order valence-electron chi connectivity index (χ4n) is 2.26.